The predicted molar refractivity (Wildman–Crippen MR) is 85.5 cm³/mol. The summed E-state index contributed by atoms with van der Waals surface area (Å²) in [5.74, 6) is 0. The average molecular weight is 291 g/mol. The first-order chi connectivity index (χ1) is 10.8. The highest BCUT2D eigenvalue weighted by atomic mass is 15.2. The van der Waals surface area contributed by atoms with E-state index in [2.05, 4.69) is 43.9 Å². The zero-order valence-corrected chi connectivity index (χ0v) is 12.5. The van der Waals surface area contributed by atoms with Crippen LogP contribution < -0.4 is 4.90 Å². The van der Waals surface area contributed by atoms with E-state index in [1.54, 1.807) is 12.7 Å². The summed E-state index contributed by atoms with van der Waals surface area (Å²) < 4.78 is 0. The van der Waals surface area contributed by atoms with E-state index in [-0.39, 0.29) is 0 Å². The van der Waals surface area contributed by atoms with Gasteiger partial charge in [0.25, 0.3) is 0 Å². The van der Waals surface area contributed by atoms with E-state index < -0.39 is 0 Å². The van der Waals surface area contributed by atoms with E-state index in [4.69, 9.17) is 0 Å². The summed E-state index contributed by atoms with van der Waals surface area (Å²) in [6.07, 6.45) is 10.1. The molecule has 0 fully saturated rings. The lowest BCUT2D eigenvalue weighted by molar-refractivity contribution is 0.817. The summed E-state index contributed by atoms with van der Waals surface area (Å²) in [6.45, 7) is 4.06. The van der Waals surface area contributed by atoms with Crippen LogP contribution in [0.25, 0.3) is 11.1 Å². The lowest BCUT2D eigenvalue weighted by atomic mass is 9.98. The van der Waals surface area contributed by atoms with E-state index in [0.29, 0.717) is 0 Å². The van der Waals surface area contributed by atoms with Crippen molar-refractivity contribution >= 4 is 5.69 Å². The summed E-state index contributed by atoms with van der Waals surface area (Å²) in [5, 5.41) is 0. The van der Waals surface area contributed by atoms with Crippen molar-refractivity contribution in [3.63, 3.8) is 0 Å². The van der Waals surface area contributed by atoms with Crippen molar-refractivity contribution in [1.29, 1.82) is 0 Å². The molecule has 0 saturated heterocycles. The minimum absolute atomic E-state index is 0.839. The molecule has 1 N–H and O–H groups in total. The second kappa shape index (κ2) is 5.26. The molecule has 0 bridgehead atoms. The highest BCUT2D eigenvalue weighted by Crippen LogP contribution is 2.37. The van der Waals surface area contributed by atoms with Crippen molar-refractivity contribution in [2.24, 2.45) is 0 Å². The molecule has 0 radical (unpaired) electrons. The van der Waals surface area contributed by atoms with Crippen LogP contribution in [0, 0.1) is 6.92 Å². The molecule has 0 atom stereocenters. The number of imidazole rings is 1. The first kappa shape index (κ1) is 13.0. The number of anilines is 1. The van der Waals surface area contributed by atoms with Gasteiger partial charge in [0.1, 0.15) is 6.33 Å². The number of nitrogens with one attached hydrogen (secondary N) is 1. The smallest absolute Gasteiger partial charge is 0.115 e. The second-order valence-corrected chi connectivity index (χ2v) is 5.61. The Morgan fingerprint density at radius 1 is 1.23 bits per heavy atom. The molecule has 0 unspecified atom stereocenters. The zero-order chi connectivity index (χ0) is 14.9. The molecule has 0 saturated carbocycles. The summed E-state index contributed by atoms with van der Waals surface area (Å²) in [5.41, 5.74) is 7.38. The number of hydrogen-bond acceptors (Lipinski definition) is 4. The maximum absolute atomic E-state index is 4.35. The van der Waals surface area contributed by atoms with Crippen LogP contribution in [0.4, 0.5) is 5.69 Å². The second-order valence-electron chi connectivity index (χ2n) is 5.61. The number of benzene rings is 1. The third-order valence-electron chi connectivity index (χ3n) is 4.26. The fourth-order valence-corrected chi connectivity index (χ4v) is 3.25. The lowest BCUT2D eigenvalue weighted by Crippen LogP contribution is -2.20. The van der Waals surface area contributed by atoms with Gasteiger partial charge in [0.05, 0.1) is 18.6 Å². The van der Waals surface area contributed by atoms with Gasteiger partial charge in [-0.2, -0.15) is 0 Å². The Hall–Kier alpha value is -2.69. The van der Waals surface area contributed by atoms with Crippen molar-refractivity contribution in [3.05, 3.63) is 60.2 Å². The molecular formula is C17H17N5. The van der Waals surface area contributed by atoms with Crippen molar-refractivity contribution in [2.45, 2.75) is 19.9 Å². The molecule has 22 heavy (non-hydrogen) atoms. The molecule has 5 heteroatoms. The summed E-state index contributed by atoms with van der Waals surface area (Å²) >= 11 is 0. The van der Waals surface area contributed by atoms with Gasteiger partial charge in [0.2, 0.25) is 0 Å². The van der Waals surface area contributed by atoms with E-state index in [9.17, 15) is 0 Å². The quantitative estimate of drug-likeness (QED) is 0.806. The van der Waals surface area contributed by atoms with Crippen molar-refractivity contribution in [3.8, 4) is 11.1 Å². The molecule has 0 amide bonds. The Morgan fingerprint density at radius 3 is 2.86 bits per heavy atom. The zero-order valence-electron chi connectivity index (χ0n) is 12.5. The SMILES string of the molecule is Cc1c(-c2cncnc2)ccc2c1N(Cc1c[nH]cn1)CC2. The summed E-state index contributed by atoms with van der Waals surface area (Å²) in [7, 11) is 0. The molecular weight excluding hydrogens is 274 g/mol. The third-order valence-corrected chi connectivity index (χ3v) is 4.26. The lowest BCUT2D eigenvalue weighted by Gasteiger charge is -2.22. The first-order valence-corrected chi connectivity index (χ1v) is 7.43. The maximum atomic E-state index is 4.35. The van der Waals surface area contributed by atoms with Crippen molar-refractivity contribution < 1.29 is 0 Å². The highest BCUT2D eigenvalue weighted by molar-refractivity contribution is 5.77. The maximum Gasteiger partial charge on any atom is 0.115 e. The fraction of sp³-hybridized carbons (Fsp3) is 0.235. The Bertz CT molecular complexity index is 780. The topological polar surface area (TPSA) is 57.7 Å². The Balaban J connectivity index is 1.75. The number of H-pyrrole nitrogens is 1. The van der Waals surface area contributed by atoms with Crippen LogP contribution in [0.3, 0.4) is 0 Å². The number of fused-ring (bicyclic) bond motifs is 1. The van der Waals surface area contributed by atoms with Crippen LogP contribution in [-0.4, -0.2) is 26.5 Å². The van der Waals surface area contributed by atoms with Crippen LogP contribution in [0.15, 0.2) is 43.4 Å². The molecule has 3 aromatic rings. The number of hydrogen-bond donors (Lipinski definition) is 1. The van der Waals surface area contributed by atoms with Gasteiger partial charge >= 0.3 is 0 Å². The highest BCUT2D eigenvalue weighted by Gasteiger charge is 2.23. The van der Waals surface area contributed by atoms with Crippen molar-refractivity contribution in [2.75, 3.05) is 11.4 Å². The molecule has 1 aliphatic heterocycles. The number of rotatable bonds is 3. The molecule has 1 aliphatic rings. The Kier molecular flexibility index (Phi) is 3.11. The van der Waals surface area contributed by atoms with Crippen molar-refractivity contribution in [1.82, 2.24) is 19.9 Å². The summed E-state index contributed by atoms with van der Waals surface area (Å²) in [6, 6.07) is 4.42. The van der Waals surface area contributed by atoms with E-state index in [0.717, 1.165) is 30.8 Å². The molecule has 5 nitrogen and oxygen atoms in total. The molecule has 0 aliphatic carbocycles. The van der Waals surface area contributed by atoms with Gasteiger partial charge in [-0.1, -0.05) is 12.1 Å². The largest absolute Gasteiger partial charge is 0.365 e. The number of aromatic amines is 1. The van der Waals surface area contributed by atoms with Gasteiger partial charge in [0, 0.05) is 36.4 Å². The number of aromatic nitrogens is 4. The third kappa shape index (κ3) is 2.15. The standard InChI is InChI=1S/C17H17N5/c1-12-16(14-6-18-10-19-7-14)3-2-13-4-5-22(17(12)13)9-15-8-20-11-21-15/h2-3,6-8,10-11H,4-5,9H2,1H3,(H,20,21). The average Bonchev–Trinajstić information content (AvgIpc) is 3.19. The van der Waals surface area contributed by atoms with Crippen LogP contribution in [0.1, 0.15) is 16.8 Å². The molecule has 2 aromatic heterocycles. The monoisotopic (exact) mass is 291 g/mol. The minimum atomic E-state index is 0.839. The van der Waals surface area contributed by atoms with Gasteiger partial charge in [-0.3, -0.25) is 0 Å². The van der Waals surface area contributed by atoms with Crippen LogP contribution in [0.2, 0.25) is 0 Å². The van der Waals surface area contributed by atoms with Gasteiger partial charge in [-0.25, -0.2) is 15.0 Å². The van der Waals surface area contributed by atoms with Gasteiger partial charge < -0.3 is 9.88 Å². The van der Waals surface area contributed by atoms with Crippen LogP contribution in [-0.2, 0) is 13.0 Å². The Labute approximate surface area is 129 Å². The summed E-state index contributed by atoms with van der Waals surface area (Å²) in [4.78, 5) is 18.1. The van der Waals surface area contributed by atoms with Crippen LogP contribution in [0.5, 0.6) is 0 Å². The van der Waals surface area contributed by atoms with Crippen LogP contribution >= 0.6 is 0 Å². The van der Waals surface area contributed by atoms with Gasteiger partial charge in [-0.15, -0.1) is 0 Å². The molecule has 4 rings (SSSR count). The Morgan fingerprint density at radius 2 is 2.09 bits per heavy atom. The molecule has 3 heterocycles. The number of nitrogens with zero attached hydrogens (tertiary/aromatic N) is 4. The minimum Gasteiger partial charge on any atom is -0.365 e. The van der Waals surface area contributed by atoms with Gasteiger partial charge in [-0.05, 0) is 30.0 Å². The molecule has 1 aromatic carbocycles. The molecule has 110 valence electrons. The van der Waals surface area contributed by atoms with E-state index in [1.165, 1.54) is 22.4 Å². The van der Waals surface area contributed by atoms with E-state index in [1.807, 2.05) is 18.6 Å². The molecule has 0 spiro atoms. The first-order valence-electron chi connectivity index (χ1n) is 7.43. The van der Waals surface area contributed by atoms with Gasteiger partial charge in [0.15, 0.2) is 0 Å². The predicted octanol–water partition coefficient (Wildman–Crippen LogP) is 2.74. The van der Waals surface area contributed by atoms with E-state index >= 15 is 0 Å². The normalized spacial score (nSPS) is 13.4. The fourth-order valence-electron chi connectivity index (χ4n) is 3.25.